The molecule has 0 saturated heterocycles. The molecule has 2 N–H and O–H groups in total. The van der Waals surface area contributed by atoms with Crippen molar-refractivity contribution < 1.29 is 4.79 Å². The standard InChI is InChI=1S/C18H24N4O/c1-6-14-9-7-8-12(4)16(14)22-17(23)15-10-13(5)20-18(21-15)19-11(2)3/h7-11H,6H2,1-5H3,(H,22,23)(H,19,20,21). The van der Waals surface area contributed by atoms with E-state index in [9.17, 15) is 4.79 Å². The van der Waals surface area contributed by atoms with E-state index in [0.717, 1.165) is 28.9 Å². The Hall–Kier alpha value is -2.43. The van der Waals surface area contributed by atoms with Crippen LogP contribution in [0, 0.1) is 13.8 Å². The van der Waals surface area contributed by atoms with Crippen LogP contribution in [0.1, 0.15) is 48.1 Å². The number of benzene rings is 1. The highest BCUT2D eigenvalue weighted by Crippen LogP contribution is 2.22. The lowest BCUT2D eigenvalue weighted by molar-refractivity contribution is 0.102. The van der Waals surface area contributed by atoms with Crippen LogP contribution in [0.25, 0.3) is 0 Å². The van der Waals surface area contributed by atoms with Crippen LogP contribution in [0.3, 0.4) is 0 Å². The third-order valence-electron chi connectivity index (χ3n) is 3.48. The van der Waals surface area contributed by atoms with Crippen molar-refractivity contribution in [3.8, 4) is 0 Å². The van der Waals surface area contributed by atoms with Crippen molar-refractivity contribution in [3.05, 3.63) is 46.8 Å². The lowest BCUT2D eigenvalue weighted by Crippen LogP contribution is -2.19. The molecule has 2 aromatic rings. The highest BCUT2D eigenvalue weighted by Gasteiger charge is 2.14. The number of carbonyl (C=O) groups is 1. The third-order valence-corrected chi connectivity index (χ3v) is 3.48. The molecule has 1 aromatic carbocycles. The van der Waals surface area contributed by atoms with Crippen LogP contribution in [0.5, 0.6) is 0 Å². The summed E-state index contributed by atoms with van der Waals surface area (Å²) in [5.41, 5.74) is 4.16. The molecule has 0 spiro atoms. The monoisotopic (exact) mass is 312 g/mol. The molecule has 0 fully saturated rings. The van der Waals surface area contributed by atoms with Gasteiger partial charge in [-0.15, -0.1) is 0 Å². The quantitative estimate of drug-likeness (QED) is 0.883. The van der Waals surface area contributed by atoms with Gasteiger partial charge in [0.05, 0.1) is 0 Å². The number of hydrogen-bond donors (Lipinski definition) is 2. The van der Waals surface area contributed by atoms with Gasteiger partial charge in [-0.05, 0) is 51.3 Å². The second-order valence-corrected chi connectivity index (χ2v) is 5.93. The Bertz CT molecular complexity index is 710. The topological polar surface area (TPSA) is 66.9 Å². The summed E-state index contributed by atoms with van der Waals surface area (Å²) in [5.74, 6) is 0.261. The number of aryl methyl sites for hydroxylation is 3. The number of nitrogens with zero attached hydrogens (tertiary/aromatic N) is 2. The fourth-order valence-corrected chi connectivity index (χ4v) is 2.39. The van der Waals surface area contributed by atoms with Crippen LogP contribution in [-0.4, -0.2) is 21.9 Å². The predicted molar refractivity (Wildman–Crippen MR) is 94.0 cm³/mol. The zero-order chi connectivity index (χ0) is 17.0. The molecule has 0 saturated carbocycles. The fraction of sp³-hybridized carbons (Fsp3) is 0.389. The largest absolute Gasteiger partial charge is 0.352 e. The van der Waals surface area contributed by atoms with Gasteiger partial charge in [0.1, 0.15) is 5.69 Å². The minimum Gasteiger partial charge on any atom is -0.352 e. The van der Waals surface area contributed by atoms with E-state index >= 15 is 0 Å². The Morgan fingerprint density at radius 2 is 1.96 bits per heavy atom. The first-order chi connectivity index (χ1) is 10.9. The Kier molecular flexibility index (Phi) is 5.32. The average Bonchev–Trinajstić information content (AvgIpc) is 2.47. The molecule has 5 heteroatoms. The van der Waals surface area contributed by atoms with Crippen LogP contribution in [0.15, 0.2) is 24.3 Å². The summed E-state index contributed by atoms with van der Waals surface area (Å²) < 4.78 is 0. The Morgan fingerprint density at radius 1 is 1.22 bits per heavy atom. The van der Waals surface area contributed by atoms with Crippen molar-refractivity contribution >= 4 is 17.5 Å². The van der Waals surface area contributed by atoms with E-state index in [0.29, 0.717) is 11.6 Å². The number of anilines is 2. The number of aromatic nitrogens is 2. The SMILES string of the molecule is CCc1cccc(C)c1NC(=O)c1cc(C)nc(NC(C)C)n1. The summed E-state index contributed by atoms with van der Waals surface area (Å²) in [7, 11) is 0. The minimum atomic E-state index is -0.216. The highest BCUT2D eigenvalue weighted by molar-refractivity contribution is 6.04. The zero-order valence-corrected chi connectivity index (χ0v) is 14.4. The number of nitrogens with one attached hydrogen (secondary N) is 2. The van der Waals surface area contributed by atoms with E-state index in [4.69, 9.17) is 0 Å². The number of carbonyl (C=O) groups excluding carboxylic acids is 1. The summed E-state index contributed by atoms with van der Waals surface area (Å²) in [6.07, 6.45) is 0.861. The molecule has 0 unspecified atom stereocenters. The van der Waals surface area contributed by atoms with E-state index in [2.05, 4.69) is 27.5 Å². The van der Waals surface area contributed by atoms with Crippen molar-refractivity contribution in [2.75, 3.05) is 10.6 Å². The summed E-state index contributed by atoms with van der Waals surface area (Å²) >= 11 is 0. The van der Waals surface area contributed by atoms with E-state index in [1.54, 1.807) is 6.07 Å². The second kappa shape index (κ2) is 7.22. The molecule has 1 aromatic heterocycles. The van der Waals surface area contributed by atoms with Gasteiger partial charge in [0.2, 0.25) is 5.95 Å². The predicted octanol–water partition coefficient (Wildman–Crippen LogP) is 3.73. The van der Waals surface area contributed by atoms with Crippen LogP contribution in [-0.2, 0) is 6.42 Å². The van der Waals surface area contributed by atoms with Gasteiger partial charge in [0.25, 0.3) is 5.91 Å². The molecule has 0 aliphatic rings. The first-order valence-corrected chi connectivity index (χ1v) is 7.92. The molecular formula is C18H24N4O. The smallest absolute Gasteiger partial charge is 0.274 e. The normalized spacial score (nSPS) is 10.7. The summed E-state index contributed by atoms with van der Waals surface area (Å²) in [5, 5.41) is 6.13. The van der Waals surface area contributed by atoms with Crippen LogP contribution < -0.4 is 10.6 Å². The van der Waals surface area contributed by atoms with Crippen LogP contribution in [0.4, 0.5) is 11.6 Å². The van der Waals surface area contributed by atoms with Gasteiger partial charge < -0.3 is 10.6 Å². The van der Waals surface area contributed by atoms with Gasteiger partial charge in [0.15, 0.2) is 0 Å². The summed E-state index contributed by atoms with van der Waals surface area (Å²) in [6.45, 7) is 9.93. The van der Waals surface area contributed by atoms with E-state index in [1.165, 1.54) is 0 Å². The van der Waals surface area contributed by atoms with Crippen LogP contribution in [0.2, 0.25) is 0 Å². The van der Waals surface area contributed by atoms with Gasteiger partial charge in [-0.3, -0.25) is 4.79 Å². The third kappa shape index (κ3) is 4.28. The maximum atomic E-state index is 12.6. The average molecular weight is 312 g/mol. The number of para-hydroxylation sites is 1. The highest BCUT2D eigenvalue weighted by atomic mass is 16.1. The number of amides is 1. The minimum absolute atomic E-state index is 0.204. The molecule has 23 heavy (non-hydrogen) atoms. The zero-order valence-electron chi connectivity index (χ0n) is 14.4. The first kappa shape index (κ1) is 16.9. The molecule has 5 nitrogen and oxygen atoms in total. The molecule has 1 amide bonds. The Labute approximate surface area is 137 Å². The summed E-state index contributed by atoms with van der Waals surface area (Å²) in [4.78, 5) is 21.2. The van der Waals surface area contributed by atoms with Gasteiger partial charge in [-0.25, -0.2) is 9.97 Å². The van der Waals surface area contributed by atoms with Gasteiger partial charge in [-0.2, -0.15) is 0 Å². The fourth-order valence-electron chi connectivity index (χ4n) is 2.39. The number of hydrogen-bond acceptors (Lipinski definition) is 4. The molecule has 0 bridgehead atoms. The summed E-state index contributed by atoms with van der Waals surface area (Å²) in [6, 6.07) is 7.93. The van der Waals surface area contributed by atoms with Gasteiger partial charge in [0, 0.05) is 17.4 Å². The molecule has 1 heterocycles. The number of rotatable bonds is 5. The van der Waals surface area contributed by atoms with Crippen molar-refractivity contribution in [2.45, 2.75) is 47.1 Å². The molecule has 122 valence electrons. The molecule has 2 rings (SSSR count). The molecule has 0 atom stereocenters. The maximum Gasteiger partial charge on any atom is 0.274 e. The van der Waals surface area contributed by atoms with Crippen molar-refractivity contribution in [2.24, 2.45) is 0 Å². The van der Waals surface area contributed by atoms with Crippen molar-refractivity contribution in [1.29, 1.82) is 0 Å². The molecule has 0 aliphatic carbocycles. The van der Waals surface area contributed by atoms with Crippen LogP contribution >= 0.6 is 0 Å². The second-order valence-electron chi connectivity index (χ2n) is 5.93. The van der Waals surface area contributed by atoms with Crippen molar-refractivity contribution in [3.63, 3.8) is 0 Å². The first-order valence-electron chi connectivity index (χ1n) is 7.92. The molecule has 0 radical (unpaired) electrons. The molecule has 0 aliphatic heterocycles. The van der Waals surface area contributed by atoms with E-state index < -0.39 is 0 Å². The molecular weight excluding hydrogens is 288 g/mol. The Morgan fingerprint density at radius 3 is 2.61 bits per heavy atom. The maximum absolute atomic E-state index is 12.6. The Balaban J connectivity index is 2.30. The van der Waals surface area contributed by atoms with Crippen molar-refractivity contribution in [1.82, 2.24) is 9.97 Å². The van der Waals surface area contributed by atoms with Gasteiger partial charge in [-0.1, -0.05) is 25.1 Å². The van der Waals surface area contributed by atoms with E-state index in [-0.39, 0.29) is 11.9 Å². The lowest BCUT2D eigenvalue weighted by Gasteiger charge is -2.14. The van der Waals surface area contributed by atoms with E-state index in [1.807, 2.05) is 45.9 Å². The lowest BCUT2D eigenvalue weighted by atomic mass is 10.1. The van der Waals surface area contributed by atoms with Gasteiger partial charge >= 0.3 is 0 Å².